The number of sulfonamides is 1. The monoisotopic (exact) mass is 507 g/mol. The van der Waals surface area contributed by atoms with E-state index in [1.165, 1.54) is 50.1 Å². The van der Waals surface area contributed by atoms with Crippen LogP contribution in [0, 0.1) is 0 Å². The molecule has 0 unspecified atom stereocenters. The van der Waals surface area contributed by atoms with Crippen LogP contribution in [0.4, 0.5) is 10.8 Å². The van der Waals surface area contributed by atoms with Crippen LogP contribution in [-0.4, -0.2) is 61.7 Å². The van der Waals surface area contributed by atoms with Gasteiger partial charge < -0.3 is 10.1 Å². The second-order valence-corrected chi connectivity index (χ2v) is 11.1. The Hall–Kier alpha value is -3.00. The Labute approximate surface area is 199 Å². The Kier molecular flexibility index (Phi) is 8.02. The number of hydrogen-bond donors (Lipinski definition) is 2. The van der Waals surface area contributed by atoms with Gasteiger partial charge in [-0.25, -0.2) is 12.7 Å². The average Bonchev–Trinajstić information content (AvgIpc) is 3.25. The van der Waals surface area contributed by atoms with Crippen LogP contribution in [0.5, 0.6) is 5.75 Å². The van der Waals surface area contributed by atoms with Gasteiger partial charge in [-0.3, -0.25) is 14.9 Å². The fourth-order valence-electron chi connectivity index (χ4n) is 2.50. The standard InChI is InChI=1S/C20H21N5O5S3/c1-25(2)33(28,29)16-9-7-13(8-10-16)18(27)22-19-23-24-20(32-19)31-12-17(26)21-14-5-4-6-15(11-14)30-3/h4-11H,12H2,1-3H3,(H,21,26)(H,22,23,27). The van der Waals surface area contributed by atoms with E-state index in [9.17, 15) is 18.0 Å². The maximum absolute atomic E-state index is 12.4. The number of anilines is 2. The molecule has 0 fully saturated rings. The number of nitrogens with zero attached hydrogens (tertiary/aromatic N) is 3. The number of ether oxygens (including phenoxy) is 1. The molecule has 0 atom stereocenters. The fourth-order valence-corrected chi connectivity index (χ4v) is 4.95. The van der Waals surface area contributed by atoms with E-state index in [0.717, 1.165) is 15.6 Å². The van der Waals surface area contributed by atoms with E-state index in [1.807, 2.05) is 0 Å². The van der Waals surface area contributed by atoms with Crippen molar-refractivity contribution in [2.45, 2.75) is 9.24 Å². The summed E-state index contributed by atoms with van der Waals surface area (Å²) in [7, 11) is 0.845. The Bertz CT molecular complexity index is 1240. The lowest BCUT2D eigenvalue weighted by molar-refractivity contribution is -0.113. The minimum atomic E-state index is -3.57. The number of aromatic nitrogens is 2. The van der Waals surface area contributed by atoms with Crippen molar-refractivity contribution in [2.75, 3.05) is 37.6 Å². The molecule has 0 spiro atoms. The Morgan fingerprint density at radius 1 is 1.09 bits per heavy atom. The lowest BCUT2D eigenvalue weighted by Crippen LogP contribution is -2.22. The van der Waals surface area contributed by atoms with Gasteiger partial charge in [0.05, 0.1) is 17.8 Å². The highest BCUT2D eigenvalue weighted by atomic mass is 32.2. The van der Waals surface area contributed by atoms with E-state index in [4.69, 9.17) is 4.74 Å². The van der Waals surface area contributed by atoms with Crippen LogP contribution >= 0.6 is 23.1 Å². The highest BCUT2D eigenvalue weighted by Crippen LogP contribution is 2.26. The molecular formula is C20H21N5O5S3. The SMILES string of the molecule is COc1cccc(NC(=O)CSc2nnc(NC(=O)c3ccc(S(=O)(=O)N(C)C)cc3)s2)c1. The zero-order valence-corrected chi connectivity index (χ0v) is 20.4. The van der Waals surface area contributed by atoms with Crippen molar-refractivity contribution in [1.29, 1.82) is 0 Å². The normalized spacial score (nSPS) is 11.3. The van der Waals surface area contributed by atoms with Gasteiger partial charge in [0.15, 0.2) is 4.34 Å². The zero-order valence-electron chi connectivity index (χ0n) is 17.9. The van der Waals surface area contributed by atoms with E-state index >= 15 is 0 Å². The van der Waals surface area contributed by atoms with Crippen molar-refractivity contribution in [1.82, 2.24) is 14.5 Å². The van der Waals surface area contributed by atoms with Crippen molar-refractivity contribution in [3.05, 3.63) is 54.1 Å². The molecular weight excluding hydrogens is 486 g/mol. The minimum absolute atomic E-state index is 0.0888. The van der Waals surface area contributed by atoms with Crippen molar-refractivity contribution in [3.63, 3.8) is 0 Å². The lowest BCUT2D eigenvalue weighted by atomic mass is 10.2. The zero-order chi connectivity index (χ0) is 24.0. The van der Waals surface area contributed by atoms with E-state index < -0.39 is 15.9 Å². The van der Waals surface area contributed by atoms with Gasteiger partial charge in [-0.15, -0.1) is 10.2 Å². The number of thioether (sulfide) groups is 1. The summed E-state index contributed by atoms with van der Waals surface area (Å²) in [6, 6.07) is 12.6. The van der Waals surface area contributed by atoms with Gasteiger partial charge in [-0.2, -0.15) is 0 Å². The lowest BCUT2D eigenvalue weighted by Gasteiger charge is -2.11. The number of methoxy groups -OCH3 is 1. The highest BCUT2D eigenvalue weighted by molar-refractivity contribution is 8.01. The highest BCUT2D eigenvalue weighted by Gasteiger charge is 2.18. The number of rotatable bonds is 9. The first kappa shape index (κ1) is 24.6. The first-order chi connectivity index (χ1) is 15.7. The van der Waals surface area contributed by atoms with E-state index in [2.05, 4.69) is 20.8 Å². The van der Waals surface area contributed by atoms with Crippen LogP contribution < -0.4 is 15.4 Å². The van der Waals surface area contributed by atoms with E-state index in [0.29, 0.717) is 15.8 Å². The molecule has 174 valence electrons. The third kappa shape index (κ3) is 6.51. The first-order valence-electron chi connectivity index (χ1n) is 9.43. The van der Waals surface area contributed by atoms with Gasteiger partial charge in [0.1, 0.15) is 5.75 Å². The minimum Gasteiger partial charge on any atom is -0.497 e. The number of nitrogens with one attached hydrogen (secondary N) is 2. The average molecular weight is 508 g/mol. The molecule has 0 bridgehead atoms. The van der Waals surface area contributed by atoms with E-state index in [1.54, 1.807) is 31.4 Å². The molecule has 1 heterocycles. The van der Waals surface area contributed by atoms with Crippen LogP contribution in [-0.2, 0) is 14.8 Å². The van der Waals surface area contributed by atoms with Crippen molar-refractivity contribution >= 4 is 55.8 Å². The molecule has 0 saturated carbocycles. The molecule has 0 aliphatic heterocycles. The third-order valence-electron chi connectivity index (χ3n) is 4.20. The smallest absolute Gasteiger partial charge is 0.257 e. The number of carbonyl (C=O) groups excluding carboxylic acids is 2. The molecule has 1 aromatic heterocycles. The summed E-state index contributed by atoms with van der Waals surface area (Å²) in [5, 5.41) is 13.5. The molecule has 0 radical (unpaired) electrons. The number of amides is 2. The largest absolute Gasteiger partial charge is 0.497 e. The summed E-state index contributed by atoms with van der Waals surface area (Å²) in [6.45, 7) is 0. The molecule has 0 aliphatic carbocycles. The molecule has 0 aliphatic rings. The van der Waals surface area contributed by atoms with Crippen LogP contribution in [0.3, 0.4) is 0 Å². The topological polar surface area (TPSA) is 131 Å². The fraction of sp³-hybridized carbons (Fsp3) is 0.200. The van der Waals surface area contributed by atoms with Gasteiger partial charge in [0.25, 0.3) is 5.91 Å². The summed E-state index contributed by atoms with van der Waals surface area (Å²) in [5.74, 6) is 0.0784. The van der Waals surface area contributed by atoms with Gasteiger partial charge in [0, 0.05) is 31.4 Å². The van der Waals surface area contributed by atoms with Crippen LogP contribution in [0.15, 0.2) is 57.8 Å². The number of benzene rings is 2. The number of carbonyl (C=O) groups is 2. The van der Waals surface area contributed by atoms with Crippen molar-refractivity contribution in [3.8, 4) is 5.75 Å². The summed E-state index contributed by atoms with van der Waals surface area (Å²) < 4.78 is 31.0. The molecule has 3 rings (SSSR count). The molecule has 13 heteroatoms. The summed E-state index contributed by atoms with van der Waals surface area (Å²) in [5.41, 5.74) is 0.893. The first-order valence-corrected chi connectivity index (χ1v) is 12.7. The van der Waals surface area contributed by atoms with Crippen LogP contribution in [0.1, 0.15) is 10.4 Å². The summed E-state index contributed by atoms with van der Waals surface area (Å²) in [4.78, 5) is 24.7. The van der Waals surface area contributed by atoms with Gasteiger partial charge in [0.2, 0.25) is 21.1 Å². The summed E-state index contributed by atoms with van der Waals surface area (Å²) >= 11 is 2.32. The maximum Gasteiger partial charge on any atom is 0.257 e. The van der Waals surface area contributed by atoms with Crippen LogP contribution in [0.25, 0.3) is 0 Å². The van der Waals surface area contributed by atoms with Gasteiger partial charge in [-0.1, -0.05) is 29.2 Å². The maximum atomic E-state index is 12.4. The van der Waals surface area contributed by atoms with Gasteiger partial charge >= 0.3 is 0 Å². The van der Waals surface area contributed by atoms with E-state index in [-0.39, 0.29) is 27.3 Å². The van der Waals surface area contributed by atoms with Crippen molar-refractivity contribution < 1.29 is 22.7 Å². The predicted molar refractivity (Wildman–Crippen MR) is 128 cm³/mol. The quantitative estimate of drug-likeness (QED) is 0.334. The third-order valence-corrected chi connectivity index (χ3v) is 8.00. The van der Waals surface area contributed by atoms with Gasteiger partial charge in [-0.05, 0) is 36.4 Å². The summed E-state index contributed by atoms with van der Waals surface area (Å²) in [6.07, 6.45) is 0. The second-order valence-electron chi connectivity index (χ2n) is 6.71. The molecule has 2 N–H and O–H groups in total. The Balaban J connectivity index is 1.54. The molecule has 0 saturated heterocycles. The molecule has 2 aromatic carbocycles. The molecule has 3 aromatic rings. The molecule has 10 nitrogen and oxygen atoms in total. The molecule has 2 amide bonds. The molecule has 33 heavy (non-hydrogen) atoms. The Morgan fingerprint density at radius 3 is 2.48 bits per heavy atom. The number of hydrogen-bond acceptors (Lipinski definition) is 9. The predicted octanol–water partition coefficient (Wildman–Crippen LogP) is 2.78. The second kappa shape index (κ2) is 10.7. The van der Waals surface area contributed by atoms with Crippen molar-refractivity contribution in [2.24, 2.45) is 0 Å². The van der Waals surface area contributed by atoms with Crippen LogP contribution in [0.2, 0.25) is 0 Å². The Morgan fingerprint density at radius 2 is 1.82 bits per heavy atom.